The highest BCUT2D eigenvalue weighted by atomic mass is 35.5. The van der Waals surface area contributed by atoms with Crippen LogP contribution in [0.3, 0.4) is 0 Å². The SMILES string of the molecule is CC(Cl)CCNS(=O)(=O)N(C)C. The van der Waals surface area contributed by atoms with Gasteiger partial charge >= 0.3 is 0 Å². The van der Waals surface area contributed by atoms with Gasteiger partial charge in [0.1, 0.15) is 0 Å². The molecule has 0 aromatic rings. The Hall–Kier alpha value is 0.160. The minimum Gasteiger partial charge on any atom is -0.202 e. The molecule has 0 radical (unpaired) electrons. The second-order valence-electron chi connectivity index (χ2n) is 2.75. The highest BCUT2D eigenvalue weighted by Gasteiger charge is 2.11. The molecule has 0 aromatic heterocycles. The lowest BCUT2D eigenvalue weighted by atomic mass is 10.3. The van der Waals surface area contributed by atoms with Crippen LogP contribution in [0.4, 0.5) is 0 Å². The van der Waals surface area contributed by atoms with E-state index in [-0.39, 0.29) is 5.38 Å². The van der Waals surface area contributed by atoms with Gasteiger partial charge in [0.25, 0.3) is 10.2 Å². The first-order valence-electron chi connectivity index (χ1n) is 3.67. The lowest BCUT2D eigenvalue weighted by Gasteiger charge is -2.12. The third kappa shape index (κ3) is 4.92. The van der Waals surface area contributed by atoms with Gasteiger partial charge in [-0.1, -0.05) is 0 Å². The lowest BCUT2D eigenvalue weighted by molar-refractivity contribution is 0.504. The van der Waals surface area contributed by atoms with Crippen LogP contribution in [0.2, 0.25) is 0 Å². The number of hydrogen-bond donors (Lipinski definition) is 1. The van der Waals surface area contributed by atoms with Crippen LogP contribution in [-0.2, 0) is 10.2 Å². The zero-order chi connectivity index (χ0) is 9.78. The van der Waals surface area contributed by atoms with Crippen molar-refractivity contribution in [3.05, 3.63) is 0 Å². The van der Waals surface area contributed by atoms with Crippen LogP contribution in [0.1, 0.15) is 13.3 Å². The molecule has 0 aliphatic rings. The van der Waals surface area contributed by atoms with E-state index in [1.165, 1.54) is 14.1 Å². The topological polar surface area (TPSA) is 49.4 Å². The number of hydrogen-bond acceptors (Lipinski definition) is 2. The monoisotopic (exact) mass is 214 g/mol. The molecule has 0 aromatic carbocycles. The van der Waals surface area contributed by atoms with E-state index in [1.54, 1.807) is 0 Å². The molecule has 0 spiro atoms. The van der Waals surface area contributed by atoms with Gasteiger partial charge in [0, 0.05) is 26.0 Å². The molecule has 0 rings (SSSR count). The highest BCUT2D eigenvalue weighted by Crippen LogP contribution is 1.98. The quantitative estimate of drug-likeness (QED) is 0.674. The Balaban J connectivity index is 3.79. The Morgan fingerprint density at radius 3 is 2.33 bits per heavy atom. The zero-order valence-electron chi connectivity index (χ0n) is 7.54. The second kappa shape index (κ2) is 5.01. The predicted octanol–water partition coefficient (Wildman–Crippen LogP) is 0.400. The normalized spacial score (nSPS) is 15.1. The standard InChI is InChI=1S/C6H15ClN2O2S/c1-6(7)4-5-8-12(10,11)9(2)3/h6,8H,4-5H2,1-3H3. The fourth-order valence-electron chi connectivity index (χ4n) is 0.516. The van der Waals surface area contributed by atoms with E-state index in [2.05, 4.69) is 4.72 Å². The van der Waals surface area contributed by atoms with E-state index in [9.17, 15) is 8.42 Å². The summed E-state index contributed by atoms with van der Waals surface area (Å²) in [4.78, 5) is 0. The van der Waals surface area contributed by atoms with E-state index in [1.807, 2.05) is 6.92 Å². The van der Waals surface area contributed by atoms with Crippen LogP contribution < -0.4 is 4.72 Å². The molecule has 12 heavy (non-hydrogen) atoms. The number of nitrogens with zero attached hydrogens (tertiary/aromatic N) is 1. The third-order valence-corrected chi connectivity index (χ3v) is 3.06. The van der Waals surface area contributed by atoms with Crippen molar-refractivity contribution in [1.82, 2.24) is 9.03 Å². The summed E-state index contributed by atoms with van der Waals surface area (Å²) in [6.07, 6.45) is 0.634. The van der Waals surface area contributed by atoms with Crippen LogP contribution >= 0.6 is 11.6 Å². The molecular weight excluding hydrogens is 200 g/mol. The molecule has 0 heterocycles. The third-order valence-electron chi connectivity index (χ3n) is 1.31. The van der Waals surface area contributed by atoms with Gasteiger partial charge in [-0.25, -0.2) is 4.72 Å². The fraction of sp³-hybridized carbons (Fsp3) is 1.00. The van der Waals surface area contributed by atoms with Gasteiger partial charge in [0.15, 0.2) is 0 Å². The van der Waals surface area contributed by atoms with Crippen LogP contribution in [-0.4, -0.2) is 38.7 Å². The van der Waals surface area contributed by atoms with E-state index in [0.717, 1.165) is 4.31 Å². The van der Waals surface area contributed by atoms with Gasteiger partial charge in [0.2, 0.25) is 0 Å². The minimum absolute atomic E-state index is 0.00476. The van der Waals surface area contributed by atoms with Crippen molar-refractivity contribution in [3.8, 4) is 0 Å². The summed E-state index contributed by atoms with van der Waals surface area (Å²) < 4.78 is 25.7. The van der Waals surface area contributed by atoms with E-state index >= 15 is 0 Å². The van der Waals surface area contributed by atoms with Crippen molar-refractivity contribution in [3.63, 3.8) is 0 Å². The summed E-state index contributed by atoms with van der Waals surface area (Å²) in [7, 11) is -0.312. The van der Waals surface area contributed by atoms with Crippen LogP contribution in [0.15, 0.2) is 0 Å². The minimum atomic E-state index is -3.27. The molecule has 6 heteroatoms. The summed E-state index contributed by atoms with van der Waals surface area (Å²) >= 11 is 5.64. The first kappa shape index (κ1) is 12.2. The van der Waals surface area contributed by atoms with E-state index in [4.69, 9.17) is 11.6 Å². The first-order valence-corrected chi connectivity index (χ1v) is 5.55. The average molecular weight is 215 g/mol. The molecule has 0 aliphatic carbocycles. The van der Waals surface area contributed by atoms with Crippen molar-refractivity contribution in [1.29, 1.82) is 0 Å². The van der Waals surface area contributed by atoms with Crippen LogP contribution in [0.25, 0.3) is 0 Å². The summed E-state index contributed by atoms with van der Waals surface area (Å²) in [6.45, 7) is 2.21. The number of nitrogens with one attached hydrogen (secondary N) is 1. The molecule has 0 aliphatic heterocycles. The first-order chi connectivity index (χ1) is 5.36. The Morgan fingerprint density at radius 1 is 1.50 bits per heavy atom. The van der Waals surface area contributed by atoms with Crippen molar-refractivity contribution in [2.24, 2.45) is 0 Å². The predicted molar refractivity (Wildman–Crippen MR) is 50.5 cm³/mol. The Labute approximate surface area is 79.1 Å². The molecular formula is C6H15ClN2O2S. The van der Waals surface area contributed by atoms with Crippen molar-refractivity contribution in [2.75, 3.05) is 20.6 Å². The smallest absolute Gasteiger partial charge is 0.202 e. The summed E-state index contributed by atoms with van der Waals surface area (Å²) in [6, 6.07) is 0. The number of rotatable bonds is 5. The number of halogens is 1. The highest BCUT2D eigenvalue weighted by molar-refractivity contribution is 7.87. The van der Waals surface area contributed by atoms with Crippen LogP contribution in [0, 0.1) is 0 Å². The maximum absolute atomic E-state index is 11.1. The molecule has 74 valence electrons. The fourth-order valence-corrected chi connectivity index (χ4v) is 1.26. The van der Waals surface area contributed by atoms with Crippen LogP contribution in [0.5, 0.6) is 0 Å². The maximum Gasteiger partial charge on any atom is 0.278 e. The van der Waals surface area contributed by atoms with Crippen molar-refractivity contribution >= 4 is 21.8 Å². The average Bonchev–Trinajstić information content (AvgIpc) is 1.85. The molecule has 4 nitrogen and oxygen atoms in total. The van der Waals surface area contributed by atoms with Crippen molar-refractivity contribution < 1.29 is 8.42 Å². The van der Waals surface area contributed by atoms with Gasteiger partial charge in [-0.05, 0) is 13.3 Å². The van der Waals surface area contributed by atoms with Gasteiger partial charge in [-0.3, -0.25) is 0 Å². The van der Waals surface area contributed by atoms with E-state index in [0.29, 0.717) is 13.0 Å². The lowest BCUT2D eigenvalue weighted by Crippen LogP contribution is -2.36. The zero-order valence-corrected chi connectivity index (χ0v) is 9.11. The van der Waals surface area contributed by atoms with Gasteiger partial charge in [0.05, 0.1) is 0 Å². The Kier molecular flexibility index (Phi) is 5.08. The van der Waals surface area contributed by atoms with Gasteiger partial charge in [-0.2, -0.15) is 12.7 Å². The second-order valence-corrected chi connectivity index (χ2v) is 5.47. The molecule has 1 N–H and O–H groups in total. The largest absolute Gasteiger partial charge is 0.278 e. The molecule has 1 atom stereocenters. The summed E-state index contributed by atoms with van der Waals surface area (Å²) in [5.74, 6) is 0. The maximum atomic E-state index is 11.1. The molecule has 0 saturated carbocycles. The molecule has 1 unspecified atom stereocenters. The Bertz CT molecular complexity index is 214. The van der Waals surface area contributed by atoms with Gasteiger partial charge in [-0.15, -0.1) is 11.6 Å². The molecule has 0 saturated heterocycles. The summed E-state index contributed by atoms with van der Waals surface area (Å²) in [5, 5.41) is -0.00476. The van der Waals surface area contributed by atoms with E-state index < -0.39 is 10.2 Å². The van der Waals surface area contributed by atoms with Gasteiger partial charge < -0.3 is 0 Å². The molecule has 0 amide bonds. The molecule has 0 fully saturated rings. The van der Waals surface area contributed by atoms with Crippen molar-refractivity contribution in [2.45, 2.75) is 18.7 Å². The Morgan fingerprint density at radius 2 is 2.00 bits per heavy atom. The summed E-state index contributed by atoms with van der Waals surface area (Å²) in [5.41, 5.74) is 0. The number of alkyl halides is 1. The molecule has 0 bridgehead atoms.